The summed E-state index contributed by atoms with van der Waals surface area (Å²) in [7, 11) is 0. The first-order chi connectivity index (χ1) is 13.7. The zero-order valence-corrected chi connectivity index (χ0v) is 16.6. The minimum atomic E-state index is -0.178. The van der Waals surface area contributed by atoms with Crippen LogP contribution in [0.3, 0.4) is 0 Å². The van der Waals surface area contributed by atoms with Crippen molar-refractivity contribution < 1.29 is 4.79 Å². The van der Waals surface area contributed by atoms with Crippen LogP contribution in [0.25, 0.3) is 0 Å². The molecule has 1 aliphatic carbocycles. The monoisotopic (exact) mass is 377 g/mol. The summed E-state index contributed by atoms with van der Waals surface area (Å²) in [5.74, 6) is 3.42. The third kappa shape index (κ3) is 6.58. The third-order valence-corrected chi connectivity index (χ3v) is 5.58. The van der Waals surface area contributed by atoms with Crippen LogP contribution in [0.15, 0.2) is 48.1 Å². The number of hydrogen-bond donors (Lipinski definition) is 2. The lowest BCUT2D eigenvalue weighted by Gasteiger charge is -2.32. The number of carbonyl (C=O) groups is 1. The number of nitrogens with zero attached hydrogens (tertiary/aromatic N) is 1. The van der Waals surface area contributed by atoms with Gasteiger partial charge in [-0.3, -0.25) is 0 Å². The van der Waals surface area contributed by atoms with Crippen molar-refractivity contribution in [2.24, 2.45) is 5.92 Å². The number of hydrogen-bond acceptors (Lipinski definition) is 2. The zero-order valence-electron chi connectivity index (χ0n) is 16.6. The fraction of sp³-hybridized carbons (Fsp3) is 0.458. The Hall–Kier alpha value is -2.51. The van der Waals surface area contributed by atoms with E-state index in [4.69, 9.17) is 6.42 Å². The zero-order chi connectivity index (χ0) is 19.6. The first-order valence-corrected chi connectivity index (χ1v) is 10.4. The molecule has 1 heterocycles. The van der Waals surface area contributed by atoms with E-state index in [-0.39, 0.29) is 6.03 Å². The van der Waals surface area contributed by atoms with Gasteiger partial charge in [0.05, 0.1) is 0 Å². The lowest BCUT2D eigenvalue weighted by atomic mass is 9.87. The van der Waals surface area contributed by atoms with E-state index in [9.17, 15) is 4.79 Å². The summed E-state index contributed by atoms with van der Waals surface area (Å²) in [6.07, 6.45) is 19.5. The van der Waals surface area contributed by atoms with Crippen LogP contribution in [-0.4, -0.2) is 37.1 Å². The molecule has 0 atom stereocenters. The van der Waals surface area contributed by atoms with Gasteiger partial charge >= 0.3 is 6.03 Å². The molecule has 0 unspecified atom stereocenters. The highest BCUT2D eigenvalue weighted by molar-refractivity contribution is 5.89. The molecule has 1 aromatic rings. The number of benzene rings is 1. The molecule has 28 heavy (non-hydrogen) atoms. The number of amides is 2. The number of piperidine rings is 1. The van der Waals surface area contributed by atoms with E-state index in [1.54, 1.807) is 11.6 Å². The summed E-state index contributed by atoms with van der Waals surface area (Å²) in [5, 5.41) is 5.76. The fourth-order valence-electron chi connectivity index (χ4n) is 3.97. The molecule has 1 aromatic carbocycles. The lowest BCUT2D eigenvalue weighted by molar-refractivity contribution is 0.181. The van der Waals surface area contributed by atoms with Crippen LogP contribution >= 0.6 is 0 Å². The number of carbonyl (C=O) groups excluding carboxylic acids is 1. The maximum Gasteiger partial charge on any atom is 0.319 e. The van der Waals surface area contributed by atoms with Gasteiger partial charge < -0.3 is 15.5 Å². The molecule has 4 heteroatoms. The van der Waals surface area contributed by atoms with E-state index in [0.717, 1.165) is 30.1 Å². The second-order valence-electron chi connectivity index (χ2n) is 7.74. The molecule has 4 nitrogen and oxygen atoms in total. The SMILES string of the molecule is C#Cc1cccc(NC(=O)NCCCN2CCC(CC3=CC=CCC3)CC2)c1. The third-order valence-electron chi connectivity index (χ3n) is 5.58. The van der Waals surface area contributed by atoms with Crippen LogP contribution in [0.4, 0.5) is 10.5 Å². The Labute approximate surface area is 169 Å². The number of anilines is 1. The van der Waals surface area contributed by atoms with Crippen molar-refractivity contribution in [2.45, 2.75) is 38.5 Å². The predicted octanol–water partition coefficient (Wildman–Crippen LogP) is 4.56. The molecule has 0 spiro atoms. The van der Waals surface area contributed by atoms with Crippen LogP contribution in [0.2, 0.25) is 0 Å². The molecule has 0 radical (unpaired) electrons. The highest BCUT2D eigenvalue weighted by atomic mass is 16.2. The van der Waals surface area contributed by atoms with Crippen molar-refractivity contribution in [1.82, 2.24) is 10.2 Å². The first kappa shape index (κ1) is 20.2. The summed E-state index contributed by atoms with van der Waals surface area (Å²) < 4.78 is 0. The van der Waals surface area contributed by atoms with Gasteiger partial charge in [-0.25, -0.2) is 4.79 Å². The molecule has 0 aromatic heterocycles. The van der Waals surface area contributed by atoms with Gasteiger partial charge in [0, 0.05) is 17.8 Å². The Morgan fingerprint density at radius 2 is 2.14 bits per heavy atom. The number of nitrogens with one attached hydrogen (secondary N) is 2. The minimum Gasteiger partial charge on any atom is -0.338 e. The number of terminal acetylenes is 1. The van der Waals surface area contributed by atoms with Crippen LogP contribution in [0.5, 0.6) is 0 Å². The van der Waals surface area contributed by atoms with Crippen LogP contribution < -0.4 is 10.6 Å². The van der Waals surface area contributed by atoms with Crippen molar-refractivity contribution in [3.63, 3.8) is 0 Å². The average molecular weight is 378 g/mol. The molecular formula is C24H31N3O. The van der Waals surface area contributed by atoms with Gasteiger partial charge in [0.25, 0.3) is 0 Å². The smallest absolute Gasteiger partial charge is 0.319 e. The Morgan fingerprint density at radius 3 is 2.89 bits per heavy atom. The summed E-state index contributed by atoms with van der Waals surface area (Å²) in [4.78, 5) is 14.5. The van der Waals surface area contributed by atoms with Gasteiger partial charge in [0.15, 0.2) is 0 Å². The quantitative estimate of drug-likeness (QED) is 0.540. The van der Waals surface area contributed by atoms with E-state index >= 15 is 0 Å². The molecule has 1 aliphatic heterocycles. The normalized spacial score (nSPS) is 17.6. The lowest BCUT2D eigenvalue weighted by Crippen LogP contribution is -2.36. The van der Waals surface area contributed by atoms with Gasteiger partial charge in [-0.05, 0) is 82.3 Å². The highest BCUT2D eigenvalue weighted by Crippen LogP contribution is 2.27. The molecule has 2 aliphatic rings. The molecule has 1 fully saturated rings. The molecule has 0 bridgehead atoms. The topological polar surface area (TPSA) is 44.4 Å². The van der Waals surface area contributed by atoms with Crippen molar-refractivity contribution >= 4 is 11.7 Å². The van der Waals surface area contributed by atoms with Gasteiger partial charge in [-0.2, -0.15) is 0 Å². The Kier molecular flexibility index (Phi) is 7.75. The number of allylic oxidation sites excluding steroid dienone is 4. The standard InChI is InChI=1S/C24H31N3O/c1-2-20-10-6-11-23(19-20)26-24(28)25-14-7-15-27-16-12-22(13-17-27)18-21-8-4-3-5-9-21/h1,3-4,6,8,10-11,19,22H,5,7,9,12-18H2,(H2,25,26,28). The van der Waals surface area contributed by atoms with Crippen molar-refractivity contribution in [3.8, 4) is 12.3 Å². The summed E-state index contributed by atoms with van der Waals surface area (Å²) in [6.45, 7) is 4.09. The van der Waals surface area contributed by atoms with E-state index in [1.165, 1.54) is 45.2 Å². The minimum absolute atomic E-state index is 0.178. The number of rotatable bonds is 7. The van der Waals surface area contributed by atoms with Crippen LogP contribution in [0.1, 0.15) is 44.1 Å². The van der Waals surface area contributed by atoms with Gasteiger partial charge in [0.1, 0.15) is 0 Å². The second kappa shape index (κ2) is 10.7. The average Bonchev–Trinajstić information content (AvgIpc) is 2.73. The molecule has 2 amide bonds. The Balaban J connectivity index is 1.27. The summed E-state index contributed by atoms with van der Waals surface area (Å²) >= 11 is 0. The number of urea groups is 1. The Morgan fingerprint density at radius 1 is 1.29 bits per heavy atom. The van der Waals surface area contributed by atoms with E-state index in [1.807, 2.05) is 18.2 Å². The molecule has 1 saturated heterocycles. The van der Waals surface area contributed by atoms with Crippen molar-refractivity contribution in [2.75, 3.05) is 31.5 Å². The van der Waals surface area contributed by atoms with Gasteiger partial charge in [0.2, 0.25) is 0 Å². The predicted molar refractivity (Wildman–Crippen MR) is 116 cm³/mol. The fourth-order valence-corrected chi connectivity index (χ4v) is 3.97. The molecular weight excluding hydrogens is 346 g/mol. The first-order valence-electron chi connectivity index (χ1n) is 10.4. The van der Waals surface area contributed by atoms with E-state index in [0.29, 0.717) is 6.54 Å². The van der Waals surface area contributed by atoms with Gasteiger partial charge in [-0.15, -0.1) is 6.42 Å². The van der Waals surface area contributed by atoms with Crippen molar-refractivity contribution in [1.29, 1.82) is 0 Å². The van der Waals surface area contributed by atoms with Crippen molar-refractivity contribution in [3.05, 3.63) is 53.6 Å². The largest absolute Gasteiger partial charge is 0.338 e. The van der Waals surface area contributed by atoms with Crippen LogP contribution in [0, 0.1) is 18.3 Å². The molecule has 2 N–H and O–H groups in total. The summed E-state index contributed by atoms with van der Waals surface area (Å²) in [6, 6.07) is 7.14. The number of likely N-dealkylation sites (tertiary alicyclic amines) is 1. The van der Waals surface area contributed by atoms with E-state index < -0.39 is 0 Å². The van der Waals surface area contributed by atoms with Gasteiger partial charge in [-0.1, -0.05) is 35.8 Å². The maximum atomic E-state index is 12.0. The summed E-state index contributed by atoms with van der Waals surface area (Å²) in [5.41, 5.74) is 3.11. The molecule has 148 valence electrons. The highest BCUT2D eigenvalue weighted by Gasteiger charge is 2.19. The molecule has 3 rings (SSSR count). The Bertz CT molecular complexity index is 751. The second-order valence-corrected chi connectivity index (χ2v) is 7.74. The van der Waals surface area contributed by atoms with E-state index in [2.05, 4.69) is 39.7 Å². The maximum absolute atomic E-state index is 12.0. The van der Waals surface area contributed by atoms with Crippen LogP contribution in [-0.2, 0) is 0 Å². The molecule has 0 saturated carbocycles.